The molecule has 5 heteroatoms. The Labute approximate surface area is 186 Å². The van der Waals surface area contributed by atoms with E-state index in [0.717, 1.165) is 17.7 Å². The number of nitrogens with one attached hydrogen (secondary N) is 1. The molecule has 1 heterocycles. The number of fused-ring (bicyclic) bond motifs is 3. The molecule has 0 spiro atoms. The summed E-state index contributed by atoms with van der Waals surface area (Å²) < 4.78 is 10.4. The molecule has 0 amide bonds. The third-order valence-corrected chi connectivity index (χ3v) is 6.25. The van der Waals surface area contributed by atoms with Gasteiger partial charge in [0.2, 0.25) is 0 Å². The van der Waals surface area contributed by atoms with Crippen LogP contribution < -0.4 is 10.1 Å². The minimum atomic E-state index is -0.547. The highest BCUT2D eigenvalue weighted by Crippen LogP contribution is 2.49. The molecule has 5 nitrogen and oxygen atoms in total. The van der Waals surface area contributed by atoms with E-state index in [1.807, 2.05) is 18.2 Å². The maximum atomic E-state index is 12.9. The molecule has 0 bridgehead atoms. The molecule has 3 aromatic carbocycles. The van der Waals surface area contributed by atoms with Crippen LogP contribution in [-0.2, 0) is 4.74 Å². The first-order chi connectivity index (χ1) is 15.7. The minimum absolute atomic E-state index is 0.183. The van der Waals surface area contributed by atoms with Gasteiger partial charge in [-0.15, -0.1) is 0 Å². The zero-order chi connectivity index (χ0) is 22.1. The predicted octanol–water partition coefficient (Wildman–Crippen LogP) is 5.52. The molecule has 1 N–H and O–H groups in total. The highest BCUT2D eigenvalue weighted by Gasteiger charge is 2.38. The second kappa shape index (κ2) is 8.35. The maximum Gasteiger partial charge on any atom is 0.343 e. The van der Waals surface area contributed by atoms with Gasteiger partial charge in [0.25, 0.3) is 0 Å². The number of methoxy groups -OCH3 is 1. The number of benzene rings is 3. The molecule has 32 heavy (non-hydrogen) atoms. The van der Waals surface area contributed by atoms with Gasteiger partial charge in [-0.3, -0.25) is 0 Å². The van der Waals surface area contributed by atoms with Gasteiger partial charge < -0.3 is 14.8 Å². The number of hydrogen-bond donors (Lipinski definition) is 1. The Morgan fingerprint density at radius 2 is 1.72 bits per heavy atom. The van der Waals surface area contributed by atoms with Crippen molar-refractivity contribution in [2.75, 3.05) is 12.4 Å². The molecule has 3 aromatic rings. The molecular weight excluding hydrogens is 402 g/mol. The molecule has 5 rings (SSSR count). The quantitative estimate of drug-likeness (QED) is 0.339. The number of carbonyl (C=O) groups is 2. The Morgan fingerprint density at radius 3 is 2.53 bits per heavy atom. The lowest BCUT2D eigenvalue weighted by atomic mass is 9.76. The lowest BCUT2D eigenvalue weighted by molar-refractivity contribution is 0.0593. The van der Waals surface area contributed by atoms with Gasteiger partial charge in [0.1, 0.15) is 11.3 Å². The number of esters is 2. The van der Waals surface area contributed by atoms with Crippen molar-refractivity contribution in [3.8, 4) is 5.75 Å². The van der Waals surface area contributed by atoms with Gasteiger partial charge >= 0.3 is 11.9 Å². The maximum absolute atomic E-state index is 12.9. The zero-order valence-electron chi connectivity index (χ0n) is 17.7. The van der Waals surface area contributed by atoms with E-state index in [2.05, 4.69) is 41.7 Å². The summed E-state index contributed by atoms with van der Waals surface area (Å²) in [5.74, 6) is -0.257. The van der Waals surface area contributed by atoms with Gasteiger partial charge in [-0.25, -0.2) is 9.59 Å². The van der Waals surface area contributed by atoms with E-state index in [1.165, 1.54) is 12.7 Å². The van der Waals surface area contributed by atoms with Crippen LogP contribution in [0.4, 0.5) is 5.69 Å². The van der Waals surface area contributed by atoms with Crippen LogP contribution in [0.2, 0.25) is 0 Å². The fraction of sp³-hybridized carbons (Fsp3) is 0.185. The van der Waals surface area contributed by atoms with Crippen LogP contribution in [-0.4, -0.2) is 19.0 Å². The van der Waals surface area contributed by atoms with Gasteiger partial charge in [-0.2, -0.15) is 0 Å². The number of carbonyl (C=O) groups excluding carboxylic acids is 2. The Morgan fingerprint density at radius 1 is 0.938 bits per heavy atom. The number of para-hydroxylation sites is 1. The summed E-state index contributed by atoms with van der Waals surface area (Å²) in [7, 11) is 1.30. The lowest BCUT2D eigenvalue weighted by Crippen LogP contribution is -2.29. The SMILES string of the molecule is COC(=O)c1ccccc1OC(=O)c1ccc2c(c1)[C@H]1C=CC[C@H]1[C@H](c1ccccc1)N2. The fourth-order valence-electron chi connectivity index (χ4n) is 4.70. The van der Waals surface area contributed by atoms with Crippen LogP contribution >= 0.6 is 0 Å². The molecule has 1 aliphatic carbocycles. The first-order valence-electron chi connectivity index (χ1n) is 10.7. The molecule has 2 aliphatic rings. The van der Waals surface area contributed by atoms with Gasteiger partial charge in [0.15, 0.2) is 0 Å². The predicted molar refractivity (Wildman–Crippen MR) is 122 cm³/mol. The second-order valence-electron chi connectivity index (χ2n) is 8.07. The van der Waals surface area contributed by atoms with Crippen LogP contribution in [0.5, 0.6) is 5.75 Å². The molecule has 1 aliphatic heterocycles. The summed E-state index contributed by atoms with van der Waals surface area (Å²) in [6.07, 6.45) is 5.44. The topological polar surface area (TPSA) is 64.6 Å². The normalized spacial score (nSPS) is 20.6. The Balaban J connectivity index is 1.44. The zero-order valence-corrected chi connectivity index (χ0v) is 17.7. The first kappa shape index (κ1) is 20.1. The van der Waals surface area contributed by atoms with E-state index in [-0.39, 0.29) is 23.3 Å². The number of rotatable bonds is 4. The number of hydrogen-bond acceptors (Lipinski definition) is 5. The lowest BCUT2D eigenvalue weighted by Gasteiger charge is -2.37. The van der Waals surface area contributed by atoms with Crippen molar-refractivity contribution in [1.82, 2.24) is 0 Å². The molecule has 0 fully saturated rings. The van der Waals surface area contributed by atoms with Gasteiger partial charge in [-0.1, -0.05) is 54.6 Å². The van der Waals surface area contributed by atoms with Crippen molar-refractivity contribution < 1.29 is 19.1 Å². The van der Waals surface area contributed by atoms with E-state index in [1.54, 1.807) is 30.3 Å². The van der Waals surface area contributed by atoms with E-state index < -0.39 is 11.9 Å². The third kappa shape index (κ3) is 3.56. The highest BCUT2D eigenvalue weighted by atomic mass is 16.5. The van der Waals surface area contributed by atoms with E-state index in [4.69, 9.17) is 9.47 Å². The average molecular weight is 425 g/mol. The molecule has 0 saturated heterocycles. The molecule has 3 atom stereocenters. The minimum Gasteiger partial charge on any atom is -0.465 e. The third-order valence-electron chi connectivity index (χ3n) is 6.25. The van der Waals surface area contributed by atoms with Crippen molar-refractivity contribution in [2.45, 2.75) is 18.4 Å². The van der Waals surface area contributed by atoms with Crippen LogP contribution in [0, 0.1) is 5.92 Å². The Hall–Kier alpha value is -3.86. The van der Waals surface area contributed by atoms with Crippen molar-refractivity contribution >= 4 is 17.6 Å². The molecule has 0 saturated carbocycles. The monoisotopic (exact) mass is 425 g/mol. The van der Waals surface area contributed by atoms with Gasteiger partial charge in [-0.05, 0) is 53.8 Å². The Kier molecular flexibility index (Phi) is 5.23. The van der Waals surface area contributed by atoms with Crippen molar-refractivity contribution in [1.29, 1.82) is 0 Å². The first-order valence-corrected chi connectivity index (χ1v) is 10.7. The molecule has 0 aromatic heterocycles. The van der Waals surface area contributed by atoms with Crippen LogP contribution in [0.15, 0.2) is 84.9 Å². The number of ether oxygens (including phenoxy) is 2. The van der Waals surface area contributed by atoms with Crippen LogP contribution in [0.25, 0.3) is 0 Å². The second-order valence-corrected chi connectivity index (χ2v) is 8.07. The standard InChI is InChI=1S/C27H23NO4/c1-31-27(30)21-10-5-6-13-24(21)32-26(29)18-14-15-23-22(16-18)19-11-7-12-20(19)25(28-23)17-8-3-2-4-9-17/h2-11,13-16,19-20,25,28H,12H2,1H3/t19-,20+,25-/m0/s1. The smallest absolute Gasteiger partial charge is 0.343 e. The van der Waals surface area contributed by atoms with Gasteiger partial charge in [0, 0.05) is 11.6 Å². The summed E-state index contributed by atoms with van der Waals surface area (Å²) in [4.78, 5) is 24.9. The Bertz CT molecular complexity index is 1200. The van der Waals surface area contributed by atoms with Crippen molar-refractivity contribution in [3.63, 3.8) is 0 Å². The van der Waals surface area contributed by atoms with Crippen LogP contribution in [0.3, 0.4) is 0 Å². The summed E-state index contributed by atoms with van der Waals surface area (Å²) in [5.41, 5.74) is 4.04. The van der Waals surface area contributed by atoms with E-state index in [0.29, 0.717) is 11.5 Å². The number of anilines is 1. The van der Waals surface area contributed by atoms with Crippen molar-refractivity contribution in [2.24, 2.45) is 5.92 Å². The molecular formula is C27H23NO4. The largest absolute Gasteiger partial charge is 0.465 e. The summed E-state index contributed by atoms with van der Waals surface area (Å²) in [5, 5.41) is 3.68. The van der Waals surface area contributed by atoms with Crippen LogP contribution in [0.1, 0.15) is 50.2 Å². The average Bonchev–Trinajstić information content (AvgIpc) is 3.34. The fourth-order valence-corrected chi connectivity index (χ4v) is 4.70. The van der Waals surface area contributed by atoms with E-state index in [9.17, 15) is 9.59 Å². The van der Waals surface area contributed by atoms with Crippen molar-refractivity contribution in [3.05, 3.63) is 107 Å². The molecule has 160 valence electrons. The summed E-state index contributed by atoms with van der Waals surface area (Å²) in [6.45, 7) is 0. The van der Waals surface area contributed by atoms with E-state index >= 15 is 0 Å². The summed E-state index contributed by atoms with van der Waals surface area (Å²) >= 11 is 0. The summed E-state index contributed by atoms with van der Waals surface area (Å²) in [6, 6.07) is 22.9. The molecule has 0 radical (unpaired) electrons. The number of allylic oxidation sites excluding steroid dienone is 2. The van der Waals surface area contributed by atoms with Gasteiger partial charge in [0.05, 0.1) is 18.7 Å². The molecule has 0 unspecified atom stereocenters. The highest BCUT2D eigenvalue weighted by molar-refractivity contribution is 5.96.